The first-order valence-corrected chi connectivity index (χ1v) is 8.81. The van der Waals surface area contributed by atoms with E-state index in [0.29, 0.717) is 21.7 Å². The van der Waals surface area contributed by atoms with Gasteiger partial charge in [-0.2, -0.15) is 0 Å². The van der Waals surface area contributed by atoms with E-state index in [-0.39, 0.29) is 19.1 Å². The molecule has 0 saturated heterocycles. The molecule has 0 aliphatic heterocycles. The highest BCUT2D eigenvalue weighted by Gasteiger charge is 2.13. The van der Waals surface area contributed by atoms with Crippen LogP contribution in [0.5, 0.6) is 5.75 Å². The van der Waals surface area contributed by atoms with E-state index in [0.717, 1.165) is 16.7 Å². The van der Waals surface area contributed by atoms with Gasteiger partial charge in [-0.1, -0.05) is 23.2 Å². The van der Waals surface area contributed by atoms with Gasteiger partial charge in [0.15, 0.2) is 13.2 Å². The molecule has 6 nitrogen and oxygen atoms in total. The number of nitrogens with zero attached hydrogens (tertiary/aromatic N) is 2. The SMILES string of the molecule is Cc1cc(Cl)cc(C)c1OCC(=O)OCc1nnc(-c2ccc(Cl)cc2)o1. The highest BCUT2D eigenvalue weighted by atomic mass is 35.5. The number of hydrogen-bond acceptors (Lipinski definition) is 6. The molecule has 3 rings (SSSR count). The van der Waals surface area contributed by atoms with Gasteiger partial charge in [-0.3, -0.25) is 0 Å². The predicted octanol–water partition coefficient (Wildman–Crippen LogP) is 4.78. The van der Waals surface area contributed by atoms with Crippen LogP contribution in [0, 0.1) is 13.8 Å². The first-order chi connectivity index (χ1) is 12.9. The third kappa shape index (κ3) is 4.99. The lowest BCUT2D eigenvalue weighted by molar-refractivity contribution is -0.148. The molecule has 0 N–H and O–H groups in total. The number of ether oxygens (including phenoxy) is 2. The van der Waals surface area contributed by atoms with Gasteiger partial charge < -0.3 is 13.9 Å². The Kier molecular flexibility index (Phi) is 5.98. The fourth-order valence-corrected chi connectivity index (χ4v) is 2.91. The number of benzene rings is 2. The molecule has 2 aromatic carbocycles. The Morgan fingerprint density at radius 1 is 1.04 bits per heavy atom. The number of aryl methyl sites for hydroxylation is 2. The monoisotopic (exact) mass is 406 g/mol. The van der Waals surface area contributed by atoms with Crippen molar-refractivity contribution >= 4 is 29.2 Å². The van der Waals surface area contributed by atoms with Crippen LogP contribution in [0.1, 0.15) is 17.0 Å². The van der Waals surface area contributed by atoms with Crippen LogP contribution in [0.2, 0.25) is 10.0 Å². The number of esters is 1. The molecule has 0 amide bonds. The quantitative estimate of drug-likeness (QED) is 0.548. The summed E-state index contributed by atoms with van der Waals surface area (Å²) >= 11 is 11.8. The van der Waals surface area contributed by atoms with E-state index in [1.54, 1.807) is 36.4 Å². The fourth-order valence-electron chi connectivity index (χ4n) is 2.46. The molecule has 0 atom stereocenters. The molecular formula is C19H16Cl2N2O4. The maximum atomic E-state index is 11.9. The van der Waals surface area contributed by atoms with Crippen molar-refractivity contribution in [3.8, 4) is 17.2 Å². The summed E-state index contributed by atoms with van der Waals surface area (Å²) in [5.74, 6) is 0.572. The largest absolute Gasteiger partial charge is 0.481 e. The number of carbonyl (C=O) groups excluding carboxylic acids is 1. The standard InChI is InChI=1S/C19H16Cl2N2O4/c1-11-7-15(21)8-12(2)18(11)26-10-17(24)25-9-16-22-23-19(27-16)13-3-5-14(20)6-4-13/h3-8H,9-10H2,1-2H3. The van der Waals surface area contributed by atoms with E-state index < -0.39 is 5.97 Å². The maximum absolute atomic E-state index is 11.9. The Morgan fingerprint density at radius 2 is 1.70 bits per heavy atom. The van der Waals surface area contributed by atoms with Crippen molar-refractivity contribution in [3.05, 3.63) is 63.5 Å². The second kappa shape index (κ2) is 8.41. The molecule has 1 heterocycles. The van der Waals surface area contributed by atoms with E-state index in [2.05, 4.69) is 10.2 Å². The van der Waals surface area contributed by atoms with E-state index in [9.17, 15) is 4.79 Å². The van der Waals surface area contributed by atoms with Crippen molar-refractivity contribution < 1.29 is 18.7 Å². The van der Waals surface area contributed by atoms with Gasteiger partial charge in [-0.15, -0.1) is 10.2 Å². The topological polar surface area (TPSA) is 74.5 Å². The molecule has 0 unspecified atom stereocenters. The first kappa shape index (κ1) is 19.2. The van der Waals surface area contributed by atoms with E-state index in [1.165, 1.54) is 0 Å². The molecule has 27 heavy (non-hydrogen) atoms. The van der Waals surface area contributed by atoms with Crippen LogP contribution >= 0.6 is 23.2 Å². The minimum Gasteiger partial charge on any atom is -0.481 e. The van der Waals surface area contributed by atoms with Crippen molar-refractivity contribution in [2.24, 2.45) is 0 Å². The number of carbonyl (C=O) groups is 1. The van der Waals surface area contributed by atoms with Gasteiger partial charge in [-0.05, 0) is 61.4 Å². The molecule has 1 aromatic heterocycles. The summed E-state index contributed by atoms with van der Waals surface area (Å²) in [5, 5.41) is 9.01. The van der Waals surface area contributed by atoms with Crippen molar-refractivity contribution in [2.75, 3.05) is 6.61 Å². The molecule has 0 spiro atoms. The summed E-state index contributed by atoms with van der Waals surface area (Å²) in [7, 11) is 0. The molecule has 0 bridgehead atoms. The molecule has 0 radical (unpaired) electrons. The van der Waals surface area contributed by atoms with Gasteiger partial charge >= 0.3 is 5.97 Å². The molecule has 8 heteroatoms. The number of halogens is 2. The average Bonchev–Trinajstić information content (AvgIpc) is 3.08. The number of aromatic nitrogens is 2. The lowest BCUT2D eigenvalue weighted by Crippen LogP contribution is -2.15. The normalized spacial score (nSPS) is 10.7. The van der Waals surface area contributed by atoms with Crippen LogP contribution < -0.4 is 4.74 Å². The highest BCUT2D eigenvalue weighted by molar-refractivity contribution is 6.31. The Morgan fingerprint density at radius 3 is 2.37 bits per heavy atom. The number of hydrogen-bond donors (Lipinski definition) is 0. The smallest absolute Gasteiger partial charge is 0.344 e. The molecule has 0 aliphatic rings. The molecule has 140 valence electrons. The van der Waals surface area contributed by atoms with Gasteiger partial charge in [0.25, 0.3) is 5.89 Å². The lowest BCUT2D eigenvalue weighted by Gasteiger charge is -2.11. The van der Waals surface area contributed by atoms with Crippen molar-refractivity contribution in [3.63, 3.8) is 0 Å². The predicted molar refractivity (Wildman–Crippen MR) is 101 cm³/mol. The minimum atomic E-state index is -0.546. The fraction of sp³-hybridized carbons (Fsp3) is 0.211. The third-order valence-corrected chi connectivity index (χ3v) is 4.14. The molecule has 0 aliphatic carbocycles. The van der Waals surface area contributed by atoms with Gasteiger partial charge in [0.2, 0.25) is 5.89 Å². The second-order valence-electron chi connectivity index (χ2n) is 5.83. The zero-order chi connectivity index (χ0) is 19.4. The molecule has 0 fully saturated rings. The Bertz CT molecular complexity index is 932. The van der Waals surface area contributed by atoms with Crippen LogP contribution in [-0.4, -0.2) is 22.8 Å². The molecular weight excluding hydrogens is 391 g/mol. The summed E-state index contributed by atoms with van der Waals surface area (Å²) in [6.07, 6.45) is 0. The van der Waals surface area contributed by atoms with Crippen LogP contribution in [0.4, 0.5) is 0 Å². The number of rotatable bonds is 6. The van der Waals surface area contributed by atoms with Crippen LogP contribution in [-0.2, 0) is 16.1 Å². The summed E-state index contributed by atoms with van der Waals surface area (Å²) in [6.45, 7) is 3.34. The average molecular weight is 407 g/mol. The Labute approximate surface area is 166 Å². The zero-order valence-corrected chi connectivity index (χ0v) is 16.2. The van der Waals surface area contributed by atoms with E-state index >= 15 is 0 Å². The second-order valence-corrected chi connectivity index (χ2v) is 6.70. The van der Waals surface area contributed by atoms with E-state index in [4.69, 9.17) is 37.1 Å². The molecule has 0 saturated carbocycles. The van der Waals surface area contributed by atoms with Gasteiger partial charge in [0.05, 0.1) is 0 Å². The van der Waals surface area contributed by atoms with Crippen molar-refractivity contribution in [1.82, 2.24) is 10.2 Å². The van der Waals surface area contributed by atoms with Crippen LogP contribution in [0.25, 0.3) is 11.5 Å². The summed E-state index contributed by atoms with van der Waals surface area (Å²) < 4.78 is 16.1. The maximum Gasteiger partial charge on any atom is 0.344 e. The van der Waals surface area contributed by atoms with Crippen molar-refractivity contribution in [1.29, 1.82) is 0 Å². The van der Waals surface area contributed by atoms with Gasteiger partial charge in [-0.25, -0.2) is 4.79 Å². The Balaban J connectivity index is 1.53. The lowest BCUT2D eigenvalue weighted by atomic mass is 10.1. The summed E-state index contributed by atoms with van der Waals surface area (Å²) in [4.78, 5) is 11.9. The van der Waals surface area contributed by atoms with Crippen LogP contribution in [0.3, 0.4) is 0 Å². The summed E-state index contributed by atoms with van der Waals surface area (Å²) in [6, 6.07) is 10.5. The minimum absolute atomic E-state index is 0.138. The highest BCUT2D eigenvalue weighted by Crippen LogP contribution is 2.27. The zero-order valence-electron chi connectivity index (χ0n) is 14.7. The Hall–Kier alpha value is -2.57. The summed E-state index contributed by atoms with van der Waals surface area (Å²) in [5.41, 5.74) is 2.41. The van der Waals surface area contributed by atoms with E-state index in [1.807, 2.05) is 13.8 Å². The molecule has 3 aromatic rings. The first-order valence-electron chi connectivity index (χ1n) is 8.06. The van der Waals surface area contributed by atoms with Gasteiger partial charge in [0.1, 0.15) is 5.75 Å². The third-order valence-electron chi connectivity index (χ3n) is 3.67. The van der Waals surface area contributed by atoms with Gasteiger partial charge in [0, 0.05) is 15.6 Å². The van der Waals surface area contributed by atoms with Crippen LogP contribution in [0.15, 0.2) is 40.8 Å². The van der Waals surface area contributed by atoms with Crippen molar-refractivity contribution in [2.45, 2.75) is 20.5 Å².